The van der Waals surface area contributed by atoms with Gasteiger partial charge < -0.3 is 20.1 Å². The van der Waals surface area contributed by atoms with E-state index in [0.29, 0.717) is 6.42 Å². The highest BCUT2D eigenvalue weighted by atomic mass is 16.5. The van der Waals surface area contributed by atoms with Crippen LogP contribution in [0.15, 0.2) is 12.2 Å². The van der Waals surface area contributed by atoms with Crippen molar-refractivity contribution < 1.29 is 24.9 Å². The van der Waals surface area contributed by atoms with E-state index >= 15 is 0 Å². The number of hydrogen-bond donors (Lipinski definition) is 3. The van der Waals surface area contributed by atoms with Gasteiger partial charge in [0.2, 0.25) is 0 Å². The Hall–Kier alpha value is -0.910. The lowest BCUT2D eigenvalue weighted by Crippen LogP contribution is -2.36. The molecule has 0 aromatic rings. The minimum absolute atomic E-state index is 0.154. The van der Waals surface area contributed by atoms with E-state index in [2.05, 4.69) is 0 Å². The van der Waals surface area contributed by atoms with Crippen LogP contribution in [0.1, 0.15) is 71.1 Å². The van der Waals surface area contributed by atoms with Crippen molar-refractivity contribution in [1.29, 1.82) is 0 Å². The third-order valence-corrected chi connectivity index (χ3v) is 4.35. The van der Waals surface area contributed by atoms with Crippen molar-refractivity contribution in [2.75, 3.05) is 0 Å². The first-order valence-electron chi connectivity index (χ1n) is 8.93. The van der Waals surface area contributed by atoms with Crippen molar-refractivity contribution in [3.8, 4) is 0 Å². The molecule has 1 heterocycles. The molecular weight excluding hydrogens is 296 g/mol. The highest BCUT2D eigenvalue weighted by Crippen LogP contribution is 2.15. The maximum absolute atomic E-state index is 11.7. The Morgan fingerprint density at radius 1 is 0.913 bits per heavy atom. The van der Waals surface area contributed by atoms with E-state index in [4.69, 9.17) is 4.74 Å². The third kappa shape index (κ3) is 9.08. The lowest BCUT2D eigenvalue weighted by atomic mass is 10.00. The molecule has 0 amide bonds. The standard InChI is InChI=1S/C18H32O5/c1-14-10-8-6-4-2-3-5-7-9-11-15(19)18(22)16(20)12-13-17(21)23-14/h12-16,18-20,22H,2-11H2,1H3/b13-12-. The van der Waals surface area contributed by atoms with Gasteiger partial charge in [0, 0.05) is 6.08 Å². The van der Waals surface area contributed by atoms with Gasteiger partial charge in [-0.05, 0) is 32.3 Å². The monoisotopic (exact) mass is 328 g/mol. The molecule has 5 heteroatoms. The molecule has 0 bridgehead atoms. The first-order valence-corrected chi connectivity index (χ1v) is 8.93. The van der Waals surface area contributed by atoms with Crippen LogP contribution in [-0.4, -0.2) is 45.7 Å². The van der Waals surface area contributed by atoms with Crippen LogP contribution >= 0.6 is 0 Å². The molecule has 4 atom stereocenters. The van der Waals surface area contributed by atoms with Crippen LogP contribution in [0.5, 0.6) is 0 Å². The summed E-state index contributed by atoms with van der Waals surface area (Å²) < 4.78 is 5.23. The summed E-state index contributed by atoms with van der Waals surface area (Å²) in [6.07, 6.45) is 8.70. The summed E-state index contributed by atoms with van der Waals surface area (Å²) in [4.78, 5) is 11.7. The molecule has 0 saturated heterocycles. The van der Waals surface area contributed by atoms with Crippen molar-refractivity contribution in [3.05, 3.63) is 12.2 Å². The SMILES string of the molecule is CC1CCCCCCCCCCC(O)C(O)C(O)/C=C\C(=O)O1. The van der Waals surface area contributed by atoms with E-state index < -0.39 is 24.3 Å². The molecule has 1 rings (SSSR count). The number of carbonyl (C=O) groups is 1. The lowest BCUT2D eigenvalue weighted by molar-refractivity contribution is -0.142. The van der Waals surface area contributed by atoms with Crippen LogP contribution in [0.25, 0.3) is 0 Å². The zero-order valence-corrected chi connectivity index (χ0v) is 14.2. The number of ether oxygens (including phenoxy) is 1. The topological polar surface area (TPSA) is 87.0 Å². The van der Waals surface area contributed by atoms with Gasteiger partial charge in [0.15, 0.2) is 0 Å². The van der Waals surface area contributed by atoms with Crippen molar-refractivity contribution in [2.45, 2.75) is 95.5 Å². The minimum atomic E-state index is -1.28. The van der Waals surface area contributed by atoms with E-state index in [1.165, 1.54) is 25.3 Å². The van der Waals surface area contributed by atoms with Gasteiger partial charge in [-0.3, -0.25) is 0 Å². The number of aliphatic hydroxyl groups excluding tert-OH is 3. The first-order chi connectivity index (χ1) is 11.0. The Bertz CT molecular complexity index is 355. The number of cyclic esters (lactones) is 1. The molecule has 4 unspecified atom stereocenters. The van der Waals surface area contributed by atoms with E-state index in [0.717, 1.165) is 44.6 Å². The molecule has 23 heavy (non-hydrogen) atoms. The highest BCUT2D eigenvalue weighted by molar-refractivity contribution is 5.82. The molecule has 0 radical (unpaired) electrons. The summed E-state index contributed by atoms with van der Waals surface area (Å²) >= 11 is 0. The van der Waals surface area contributed by atoms with Gasteiger partial charge >= 0.3 is 5.97 Å². The Kier molecular flexibility index (Phi) is 10.2. The van der Waals surface area contributed by atoms with Crippen LogP contribution < -0.4 is 0 Å². The molecule has 134 valence electrons. The summed E-state index contributed by atoms with van der Waals surface area (Å²) in [6.45, 7) is 1.86. The number of hydrogen-bond acceptors (Lipinski definition) is 5. The maximum Gasteiger partial charge on any atom is 0.330 e. The van der Waals surface area contributed by atoms with Gasteiger partial charge in [-0.1, -0.05) is 44.9 Å². The Labute approximate surface area is 139 Å². The zero-order chi connectivity index (χ0) is 17.1. The van der Waals surface area contributed by atoms with E-state index in [1.54, 1.807) is 0 Å². The van der Waals surface area contributed by atoms with Gasteiger partial charge in [0.1, 0.15) is 12.2 Å². The average Bonchev–Trinajstić information content (AvgIpc) is 2.52. The molecule has 3 N–H and O–H groups in total. The first kappa shape index (κ1) is 20.1. The number of aliphatic hydroxyl groups is 3. The summed E-state index contributed by atoms with van der Waals surface area (Å²) in [7, 11) is 0. The molecule has 0 spiro atoms. The number of rotatable bonds is 0. The van der Waals surface area contributed by atoms with Gasteiger partial charge in [-0.25, -0.2) is 4.79 Å². The second kappa shape index (κ2) is 11.6. The molecule has 1 aliphatic rings. The molecule has 0 fully saturated rings. The van der Waals surface area contributed by atoms with Crippen LogP contribution in [-0.2, 0) is 9.53 Å². The second-order valence-corrected chi connectivity index (χ2v) is 6.56. The summed E-state index contributed by atoms with van der Waals surface area (Å²) in [5.41, 5.74) is 0. The number of carbonyl (C=O) groups excluding carboxylic acids is 1. The predicted molar refractivity (Wildman–Crippen MR) is 88.9 cm³/mol. The van der Waals surface area contributed by atoms with Gasteiger partial charge in [0.05, 0.1) is 12.2 Å². The van der Waals surface area contributed by atoms with Crippen molar-refractivity contribution in [1.82, 2.24) is 0 Å². The van der Waals surface area contributed by atoms with E-state index in [9.17, 15) is 20.1 Å². The largest absolute Gasteiger partial charge is 0.460 e. The predicted octanol–water partition coefficient (Wildman–Crippen LogP) is 2.47. The smallest absolute Gasteiger partial charge is 0.330 e. The molecular formula is C18H32O5. The quantitative estimate of drug-likeness (QED) is 0.595. The zero-order valence-electron chi connectivity index (χ0n) is 14.2. The summed E-state index contributed by atoms with van der Waals surface area (Å²) in [5, 5.41) is 29.6. The Morgan fingerprint density at radius 3 is 2.04 bits per heavy atom. The van der Waals surface area contributed by atoms with Crippen molar-refractivity contribution >= 4 is 5.97 Å². The molecule has 0 saturated carbocycles. The van der Waals surface area contributed by atoms with Gasteiger partial charge in [-0.2, -0.15) is 0 Å². The summed E-state index contributed by atoms with van der Waals surface area (Å²) in [6, 6.07) is 0. The maximum atomic E-state index is 11.7. The molecule has 0 aliphatic carbocycles. The molecule has 1 aliphatic heterocycles. The second-order valence-electron chi connectivity index (χ2n) is 6.56. The fourth-order valence-corrected chi connectivity index (χ4v) is 2.83. The van der Waals surface area contributed by atoms with Crippen molar-refractivity contribution in [3.63, 3.8) is 0 Å². The van der Waals surface area contributed by atoms with Crippen molar-refractivity contribution in [2.24, 2.45) is 0 Å². The minimum Gasteiger partial charge on any atom is -0.460 e. The van der Waals surface area contributed by atoms with Crippen LogP contribution in [0.2, 0.25) is 0 Å². The lowest BCUT2D eigenvalue weighted by Gasteiger charge is -2.21. The fraction of sp³-hybridized carbons (Fsp3) is 0.833. The van der Waals surface area contributed by atoms with Gasteiger partial charge in [-0.15, -0.1) is 0 Å². The number of esters is 1. The van der Waals surface area contributed by atoms with Gasteiger partial charge in [0.25, 0.3) is 0 Å². The van der Waals surface area contributed by atoms with E-state index in [1.807, 2.05) is 6.92 Å². The average molecular weight is 328 g/mol. The third-order valence-electron chi connectivity index (χ3n) is 4.35. The van der Waals surface area contributed by atoms with E-state index in [-0.39, 0.29) is 6.10 Å². The fourth-order valence-electron chi connectivity index (χ4n) is 2.83. The Balaban J connectivity index is 2.55. The molecule has 0 aromatic carbocycles. The van der Waals surface area contributed by atoms with Crippen LogP contribution in [0, 0.1) is 0 Å². The molecule has 0 aromatic heterocycles. The Morgan fingerprint density at radius 2 is 1.43 bits per heavy atom. The highest BCUT2D eigenvalue weighted by Gasteiger charge is 2.22. The van der Waals surface area contributed by atoms with Crippen LogP contribution in [0.4, 0.5) is 0 Å². The molecule has 5 nitrogen and oxygen atoms in total. The van der Waals surface area contributed by atoms with Crippen LogP contribution in [0.3, 0.4) is 0 Å². The summed E-state index contributed by atoms with van der Waals surface area (Å²) in [5.74, 6) is -0.528. The normalized spacial score (nSPS) is 34.9.